The van der Waals surface area contributed by atoms with E-state index >= 15 is 0 Å². The number of H-pyrrole nitrogens is 1. The summed E-state index contributed by atoms with van der Waals surface area (Å²) in [5, 5.41) is 6.42. The van der Waals surface area contributed by atoms with Crippen molar-refractivity contribution < 1.29 is 4.79 Å². The third-order valence-corrected chi connectivity index (χ3v) is 5.41. The number of aromatic amines is 1. The highest BCUT2D eigenvalue weighted by molar-refractivity contribution is 7.10. The number of fused-ring (bicyclic) bond motifs is 1. The third-order valence-electron chi connectivity index (χ3n) is 4.40. The van der Waals surface area contributed by atoms with Crippen molar-refractivity contribution in [2.24, 2.45) is 5.92 Å². The lowest BCUT2D eigenvalue weighted by atomic mass is 10.1. The fraction of sp³-hybridized carbons (Fsp3) is 0.278. The van der Waals surface area contributed by atoms with Crippen LogP contribution < -0.4 is 5.32 Å². The lowest BCUT2D eigenvalue weighted by molar-refractivity contribution is -0.122. The Labute approximate surface area is 133 Å². The zero-order chi connectivity index (χ0) is 14.9. The highest BCUT2D eigenvalue weighted by Crippen LogP contribution is 2.49. The van der Waals surface area contributed by atoms with Crippen LogP contribution in [-0.4, -0.2) is 17.4 Å². The van der Waals surface area contributed by atoms with E-state index in [0.29, 0.717) is 12.5 Å². The molecule has 3 aromatic rings. The number of hydrogen-bond donors (Lipinski definition) is 2. The summed E-state index contributed by atoms with van der Waals surface area (Å²) >= 11 is 1.75. The van der Waals surface area contributed by atoms with Gasteiger partial charge in [-0.25, -0.2) is 0 Å². The van der Waals surface area contributed by atoms with Gasteiger partial charge in [-0.15, -0.1) is 11.3 Å². The molecule has 22 heavy (non-hydrogen) atoms. The van der Waals surface area contributed by atoms with Crippen LogP contribution in [0.2, 0.25) is 0 Å². The summed E-state index contributed by atoms with van der Waals surface area (Å²) in [7, 11) is 0. The van der Waals surface area contributed by atoms with Gasteiger partial charge in [-0.3, -0.25) is 4.79 Å². The summed E-state index contributed by atoms with van der Waals surface area (Å²) < 4.78 is 0. The first-order valence-electron chi connectivity index (χ1n) is 7.69. The summed E-state index contributed by atoms with van der Waals surface area (Å²) in [6, 6.07) is 12.5. The Bertz CT molecular complexity index is 790. The molecule has 2 unspecified atom stereocenters. The normalized spacial score (nSPS) is 20.2. The van der Waals surface area contributed by atoms with Crippen LogP contribution >= 0.6 is 11.3 Å². The fourth-order valence-electron chi connectivity index (χ4n) is 3.09. The molecule has 0 bridgehead atoms. The van der Waals surface area contributed by atoms with Gasteiger partial charge >= 0.3 is 0 Å². The van der Waals surface area contributed by atoms with Crippen LogP contribution in [-0.2, 0) is 11.2 Å². The number of benzene rings is 1. The molecule has 4 rings (SSSR count). The van der Waals surface area contributed by atoms with Gasteiger partial charge in [0.15, 0.2) is 0 Å². The predicted molar refractivity (Wildman–Crippen MR) is 90.2 cm³/mol. The van der Waals surface area contributed by atoms with Crippen molar-refractivity contribution in [1.29, 1.82) is 0 Å². The van der Waals surface area contributed by atoms with Gasteiger partial charge in [-0.05, 0) is 35.9 Å². The van der Waals surface area contributed by atoms with Crippen LogP contribution in [0.1, 0.15) is 22.8 Å². The van der Waals surface area contributed by atoms with Gasteiger partial charge in [-0.1, -0.05) is 24.3 Å². The molecule has 4 heteroatoms. The lowest BCUT2D eigenvalue weighted by Gasteiger charge is -2.04. The van der Waals surface area contributed by atoms with Crippen LogP contribution in [0.25, 0.3) is 10.9 Å². The summed E-state index contributed by atoms with van der Waals surface area (Å²) in [5.74, 6) is 0.841. The van der Waals surface area contributed by atoms with Crippen molar-refractivity contribution in [3.63, 3.8) is 0 Å². The fourth-order valence-corrected chi connectivity index (χ4v) is 4.00. The van der Waals surface area contributed by atoms with Crippen LogP contribution in [0, 0.1) is 5.92 Å². The molecule has 2 atom stereocenters. The number of carbonyl (C=O) groups is 1. The number of nitrogens with one attached hydrogen (secondary N) is 2. The standard InChI is InChI=1S/C18H18N2OS/c21-18(15-10-14(15)17-6-3-9-22-17)19-8-7-12-11-20-16-5-2-1-4-13(12)16/h1-6,9,11,14-15,20H,7-8,10H2,(H,19,21). The van der Waals surface area contributed by atoms with E-state index in [0.717, 1.165) is 18.4 Å². The van der Waals surface area contributed by atoms with E-state index in [1.165, 1.54) is 15.8 Å². The van der Waals surface area contributed by atoms with E-state index in [9.17, 15) is 4.79 Å². The Morgan fingerprint density at radius 2 is 2.18 bits per heavy atom. The maximum absolute atomic E-state index is 12.2. The molecule has 1 aromatic carbocycles. The second-order valence-corrected chi connectivity index (χ2v) is 6.84. The topological polar surface area (TPSA) is 44.9 Å². The summed E-state index contributed by atoms with van der Waals surface area (Å²) in [6.45, 7) is 0.703. The van der Waals surface area contributed by atoms with E-state index in [-0.39, 0.29) is 11.8 Å². The molecule has 2 N–H and O–H groups in total. The summed E-state index contributed by atoms with van der Waals surface area (Å²) in [6.07, 6.45) is 3.91. The van der Waals surface area contributed by atoms with E-state index in [4.69, 9.17) is 0 Å². The Kier molecular flexibility index (Phi) is 3.47. The molecule has 0 radical (unpaired) electrons. The van der Waals surface area contributed by atoms with E-state index in [1.54, 1.807) is 11.3 Å². The molecule has 0 spiro atoms. The maximum atomic E-state index is 12.2. The third kappa shape index (κ3) is 2.55. The monoisotopic (exact) mass is 310 g/mol. The van der Waals surface area contributed by atoms with Gasteiger partial charge in [0, 0.05) is 40.4 Å². The van der Waals surface area contributed by atoms with Crippen LogP contribution in [0.3, 0.4) is 0 Å². The number of rotatable bonds is 5. The SMILES string of the molecule is O=C(NCCc1c[nH]c2ccccc12)C1CC1c1cccs1. The van der Waals surface area contributed by atoms with E-state index in [1.807, 2.05) is 18.3 Å². The van der Waals surface area contributed by atoms with Crippen molar-refractivity contribution in [3.8, 4) is 0 Å². The average molecular weight is 310 g/mol. The molecule has 1 amide bonds. The molecule has 3 nitrogen and oxygen atoms in total. The number of para-hydroxylation sites is 1. The highest BCUT2D eigenvalue weighted by atomic mass is 32.1. The second kappa shape index (κ2) is 5.61. The quantitative estimate of drug-likeness (QED) is 0.741. The van der Waals surface area contributed by atoms with Crippen molar-refractivity contribution in [3.05, 3.63) is 58.4 Å². The molecule has 1 aliphatic rings. The van der Waals surface area contributed by atoms with Gasteiger partial charge < -0.3 is 10.3 Å². The zero-order valence-corrected chi connectivity index (χ0v) is 13.0. The van der Waals surface area contributed by atoms with E-state index < -0.39 is 0 Å². The molecular formula is C18H18N2OS. The molecule has 2 heterocycles. The molecule has 1 aliphatic carbocycles. The number of aromatic nitrogens is 1. The Morgan fingerprint density at radius 1 is 1.27 bits per heavy atom. The van der Waals surface area contributed by atoms with Gasteiger partial charge in [-0.2, -0.15) is 0 Å². The minimum Gasteiger partial charge on any atom is -0.361 e. The molecule has 1 saturated carbocycles. The van der Waals surface area contributed by atoms with Gasteiger partial charge in [0.05, 0.1) is 0 Å². The van der Waals surface area contributed by atoms with Crippen molar-refractivity contribution in [1.82, 2.24) is 10.3 Å². The first kappa shape index (κ1) is 13.6. The molecule has 0 aliphatic heterocycles. The van der Waals surface area contributed by atoms with Crippen molar-refractivity contribution in [2.45, 2.75) is 18.8 Å². The van der Waals surface area contributed by atoms with Gasteiger partial charge in [0.1, 0.15) is 0 Å². The Hall–Kier alpha value is -2.07. The molecular weight excluding hydrogens is 292 g/mol. The molecule has 2 aromatic heterocycles. The molecule has 0 saturated heterocycles. The van der Waals surface area contributed by atoms with Crippen LogP contribution in [0.5, 0.6) is 0 Å². The largest absolute Gasteiger partial charge is 0.361 e. The van der Waals surface area contributed by atoms with Crippen LogP contribution in [0.15, 0.2) is 48.0 Å². The van der Waals surface area contributed by atoms with Crippen molar-refractivity contribution in [2.75, 3.05) is 6.54 Å². The minimum absolute atomic E-state index is 0.182. The molecule has 112 valence electrons. The number of thiophene rings is 1. The van der Waals surface area contributed by atoms with E-state index in [2.05, 4.69) is 39.9 Å². The second-order valence-electron chi connectivity index (χ2n) is 5.86. The minimum atomic E-state index is 0.182. The highest BCUT2D eigenvalue weighted by Gasteiger charge is 2.44. The number of amides is 1. The number of carbonyl (C=O) groups excluding carboxylic acids is 1. The number of hydrogen-bond acceptors (Lipinski definition) is 2. The lowest BCUT2D eigenvalue weighted by Crippen LogP contribution is -2.27. The zero-order valence-electron chi connectivity index (χ0n) is 12.2. The van der Waals surface area contributed by atoms with Crippen molar-refractivity contribution >= 4 is 28.1 Å². The maximum Gasteiger partial charge on any atom is 0.223 e. The first-order valence-corrected chi connectivity index (χ1v) is 8.57. The summed E-state index contributed by atoms with van der Waals surface area (Å²) in [4.78, 5) is 16.8. The smallest absolute Gasteiger partial charge is 0.223 e. The summed E-state index contributed by atoms with van der Waals surface area (Å²) in [5.41, 5.74) is 2.42. The van der Waals surface area contributed by atoms with Gasteiger partial charge in [0.2, 0.25) is 5.91 Å². The van der Waals surface area contributed by atoms with Crippen LogP contribution in [0.4, 0.5) is 0 Å². The van der Waals surface area contributed by atoms with Gasteiger partial charge in [0.25, 0.3) is 0 Å². The predicted octanol–water partition coefficient (Wildman–Crippen LogP) is 3.69. The first-order chi connectivity index (χ1) is 10.8. The Morgan fingerprint density at radius 3 is 3.05 bits per heavy atom. The molecule has 1 fully saturated rings. The average Bonchev–Trinajstić information content (AvgIpc) is 2.98. The Balaban J connectivity index is 1.31.